The highest BCUT2D eigenvalue weighted by Gasteiger charge is 2.45. The van der Waals surface area contributed by atoms with Crippen molar-refractivity contribution < 1.29 is 33.5 Å². The summed E-state index contributed by atoms with van der Waals surface area (Å²) in [6, 6.07) is 11.4. The molecule has 1 unspecified atom stereocenters. The lowest BCUT2D eigenvalue weighted by Crippen LogP contribution is -2.54. The summed E-state index contributed by atoms with van der Waals surface area (Å²) < 4.78 is 5.44. The zero-order valence-electron chi connectivity index (χ0n) is 25.8. The summed E-state index contributed by atoms with van der Waals surface area (Å²) in [6.45, 7) is 7.99. The van der Waals surface area contributed by atoms with E-state index in [1.807, 2.05) is 45.0 Å². The number of amides is 5. The number of benzene rings is 2. The van der Waals surface area contributed by atoms with Gasteiger partial charge in [0, 0.05) is 25.2 Å². The summed E-state index contributed by atoms with van der Waals surface area (Å²) in [5.74, 6) is -2.32. The number of nitrogens with zero attached hydrogens (tertiary/aromatic N) is 2. The predicted octanol–water partition coefficient (Wildman–Crippen LogP) is 2.45. The van der Waals surface area contributed by atoms with Crippen molar-refractivity contribution in [1.82, 2.24) is 20.4 Å². The Hall–Kier alpha value is -4.58. The molecule has 0 bridgehead atoms. The van der Waals surface area contributed by atoms with Crippen molar-refractivity contribution in [3.8, 4) is 0 Å². The van der Waals surface area contributed by atoms with E-state index in [1.54, 1.807) is 12.1 Å². The molecule has 0 aromatic heterocycles. The first-order valence-electron chi connectivity index (χ1n) is 15.3. The fraction of sp³-hybridized carbons (Fsp3) is 0.455. The molecule has 3 aliphatic rings. The summed E-state index contributed by atoms with van der Waals surface area (Å²) in [5.41, 5.74) is 1.98. The van der Waals surface area contributed by atoms with E-state index in [4.69, 9.17) is 4.74 Å². The monoisotopic (exact) mass is 617 g/mol. The Morgan fingerprint density at radius 2 is 1.64 bits per heavy atom. The third-order valence-electron chi connectivity index (χ3n) is 8.20. The summed E-state index contributed by atoms with van der Waals surface area (Å²) in [6.07, 6.45) is 1.95. The molecule has 0 radical (unpaired) electrons. The van der Waals surface area contributed by atoms with Crippen LogP contribution >= 0.6 is 0 Å². The topological polar surface area (TPSA) is 154 Å². The number of hydrogen-bond acceptors (Lipinski definition) is 9. The van der Waals surface area contributed by atoms with Gasteiger partial charge in [-0.15, -0.1) is 0 Å². The van der Waals surface area contributed by atoms with Crippen molar-refractivity contribution in [1.29, 1.82) is 0 Å². The number of ether oxygens (including phenoxy) is 1. The van der Waals surface area contributed by atoms with Crippen molar-refractivity contribution >= 4 is 41.2 Å². The quantitative estimate of drug-likeness (QED) is 0.219. The Labute approximate surface area is 261 Å². The van der Waals surface area contributed by atoms with Gasteiger partial charge in [-0.1, -0.05) is 18.2 Å². The van der Waals surface area contributed by atoms with Gasteiger partial charge in [-0.2, -0.15) is 0 Å². The van der Waals surface area contributed by atoms with Crippen molar-refractivity contribution in [3.63, 3.8) is 0 Å². The average Bonchev–Trinajstić information content (AvgIpc) is 3.25. The molecule has 0 aliphatic carbocycles. The first kappa shape index (κ1) is 31.8. The third-order valence-corrected chi connectivity index (χ3v) is 8.20. The van der Waals surface area contributed by atoms with Crippen LogP contribution in [0.3, 0.4) is 0 Å². The normalized spacial score (nSPS) is 19.3. The van der Waals surface area contributed by atoms with Crippen LogP contribution in [0.25, 0.3) is 0 Å². The summed E-state index contributed by atoms with van der Waals surface area (Å²) in [7, 11) is 0. The van der Waals surface area contributed by atoms with Crippen molar-refractivity contribution in [2.45, 2.75) is 64.0 Å². The molecule has 5 amide bonds. The maximum atomic E-state index is 13.2. The highest BCUT2D eigenvalue weighted by atomic mass is 16.6. The molecule has 12 nitrogen and oxygen atoms in total. The number of likely N-dealkylation sites (tertiary alicyclic amines) is 1. The van der Waals surface area contributed by atoms with Crippen molar-refractivity contribution in [2.24, 2.45) is 0 Å². The molecule has 3 heterocycles. The van der Waals surface area contributed by atoms with Crippen LogP contribution in [-0.2, 0) is 19.1 Å². The molecular weight excluding hydrogens is 578 g/mol. The molecule has 3 N–H and O–H groups in total. The fourth-order valence-electron chi connectivity index (χ4n) is 5.97. The molecule has 2 fully saturated rings. The molecule has 0 saturated carbocycles. The van der Waals surface area contributed by atoms with Gasteiger partial charge in [0.2, 0.25) is 17.7 Å². The second kappa shape index (κ2) is 13.2. The van der Waals surface area contributed by atoms with E-state index < -0.39 is 35.3 Å². The molecule has 2 aromatic carbocycles. The number of rotatable bonds is 9. The average molecular weight is 618 g/mol. The molecule has 2 saturated heterocycles. The largest absolute Gasteiger partial charge is 0.456 e. The minimum Gasteiger partial charge on any atom is -0.456 e. The third kappa shape index (κ3) is 7.39. The van der Waals surface area contributed by atoms with Gasteiger partial charge in [-0.25, -0.2) is 4.79 Å². The van der Waals surface area contributed by atoms with Gasteiger partial charge in [0.05, 0.1) is 23.2 Å². The van der Waals surface area contributed by atoms with Gasteiger partial charge in [0.25, 0.3) is 11.8 Å². The Balaban J connectivity index is 1.05. The van der Waals surface area contributed by atoms with E-state index in [1.165, 1.54) is 11.6 Å². The number of imide groups is 2. The Bertz CT molecular complexity index is 1510. The highest BCUT2D eigenvalue weighted by Crippen LogP contribution is 2.32. The van der Waals surface area contributed by atoms with Crippen LogP contribution in [-0.4, -0.2) is 89.7 Å². The fourth-order valence-corrected chi connectivity index (χ4v) is 5.97. The van der Waals surface area contributed by atoms with E-state index in [0.717, 1.165) is 30.8 Å². The summed E-state index contributed by atoms with van der Waals surface area (Å²) in [5, 5.41) is 8.22. The molecule has 45 heavy (non-hydrogen) atoms. The zero-order valence-corrected chi connectivity index (χ0v) is 25.8. The summed E-state index contributed by atoms with van der Waals surface area (Å²) >= 11 is 0. The van der Waals surface area contributed by atoms with E-state index in [-0.39, 0.29) is 42.4 Å². The number of piperidine rings is 2. The highest BCUT2D eigenvalue weighted by molar-refractivity contribution is 6.25. The first-order chi connectivity index (χ1) is 21.4. The maximum absolute atomic E-state index is 13.2. The lowest BCUT2D eigenvalue weighted by molar-refractivity contribution is -0.136. The van der Waals surface area contributed by atoms with Gasteiger partial charge < -0.3 is 15.4 Å². The van der Waals surface area contributed by atoms with E-state index in [2.05, 4.69) is 20.9 Å². The van der Waals surface area contributed by atoms with Gasteiger partial charge in [-0.3, -0.25) is 39.1 Å². The molecule has 5 rings (SSSR count). The van der Waals surface area contributed by atoms with E-state index in [9.17, 15) is 28.8 Å². The Morgan fingerprint density at radius 3 is 2.31 bits per heavy atom. The van der Waals surface area contributed by atoms with Gasteiger partial charge in [0.15, 0.2) is 0 Å². The minimum absolute atomic E-state index is 0.0534. The van der Waals surface area contributed by atoms with Crippen LogP contribution in [0.1, 0.15) is 89.0 Å². The molecule has 238 valence electrons. The molecule has 1 atom stereocenters. The zero-order chi connectivity index (χ0) is 32.3. The molecular formula is C33H39N5O7. The van der Waals surface area contributed by atoms with Crippen molar-refractivity contribution in [3.05, 3.63) is 64.7 Å². The molecule has 3 aliphatic heterocycles. The maximum Gasteiger partial charge on any atom is 0.338 e. The van der Waals surface area contributed by atoms with Gasteiger partial charge >= 0.3 is 5.97 Å². The van der Waals surface area contributed by atoms with E-state index >= 15 is 0 Å². The number of nitrogens with one attached hydrogen (secondary N) is 3. The minimum atomic E-state index is -1.03. The number of fused-ring (bicyclic) bond motifs is 1. The molecule has 2 aromatic rings. The van der Waals surface area contributed by atoms with Crippen LogP contribution in [0, 0.1) is 0 Å². The SMILES string of the molecule is CC(C)(C)OC(=O)c1ccc(C2CCN(CC(=O)NCCNc3cccc4c3C(=O)N(C3CCC(=O)NC3=O)C4=O)CC2)cc1. The second-order valence-corrected chi connectivity index (χ2v) is 12.6. The van der Waals surface area contributed by atoms with Gasteiger partial charge in [-0.05, 0) is 88.9 Å². The lowest BCUT2D eigenvalue weighted by Gasteiger charge is -2.31. The van der Waals surface area contributed by atoms with Crippen LogP contribution in [0.4, 0.5) is 5.69 Å². The number of anilines is 1. The molecule has 12 heteroatoms. The summed E-state index contributed by atoms with van der Waals surface area (Å²) in [4.78, 5) is 78.1. The van der Waals surface area contributed by atoms with Crippen LogP contribution in [0.5, 0.6) is 0 Å². The number of carbonyl (C=O) groups excluding carboxylic acids is 6. The van der Waals surface area contributed by atoms with Crippen molar-refractivity contribution in [2.75, 3.05) is 38.0 Å². The van der Waals surface area contributed by atoms with E-state index in [0.29, 0.717) is 30.3 Å². The number of hydrogen-bond donors (Lipinski definition) is 3. The smallest absolute Gasteiger partial charge is 0.338 e. The second-order valence-electron chi connectivity index (χ2n) is 12.6. The number of carbonyl (C=O) groups is 6. The Morgan fingerprint density at radius 1 is 0.933 bits per heavy atom. The van der Waals surface area contributed by atoms with Crippen LogP contribution in [0.15, 0.2) is 42.5 Å². The first-order valence-corrected chi connectivity index (χ1v) is 15.3. The lowest BCUT2D eigenvalue weighted by atomic mass is 9.89. The van der Waals surface area contributed by atoms with Crippen LogP contribution < -0.4 is 16.0 Å². The predicted molar refractivity (Wildman–Crippen MR) is 165 cm³/mol. The van der Waals surface area contributed by atoms with Crippen LogP contribution in [0.2, 0.25) is 0 Å². The Kier molecular flexibility index (Phi) is 9.33. The van der Waals surface area contributed by atoms with Gasteiger partial charge in [0.1, 0.15) is 11.6 Å². The standard InChI is InChI=1S/C33H39N5O7/c1-33(2,3)45-32(44)22-9-7-20(8-10-22)21-13-17-37(18-14-21)19-27(40)35-16-15-34-24-6-4-5-23-28(24)31(43)38(30(23)42)25-11-12-26(39)36-29(25)41/h4-10,21,25,34H,11-19H2,1-3H3,(H,35,40)(H,36,39,41). The number of esters is 1. The molecule has 0 spiro atoms.